The maximum atomic E-state index is 4.15. The third-order valence-electron chi connectivity index (χ3n) is 3.33. The Kier molecular flexibility index (Phi) is 3.77. The van der Waals surface area contributed by atoms with Crippen LogP contribution in [-0.4, -0.2) is 14.8 Å². The molecule has 18 heavy (non-hydrogen) atoms. The lowest BCUT2D eigenvalue weighted by atomic mass is 10.1. The lowest BCUT2D eigenvalue weighted by Gasteiger charge is -2.14. The normalized spacial score (nSPS) is 12.7. The first-order chi connectivity index (χ1) is 8.58. The van der Waals surface area contributed by atoms with Crippen molar-refractivity contribution in [2.24, 2.45) is 7.05 Å². The second-order valence-corrected chi connectivity index (χ2v) is 4.74. The number of nitrogens with one attached hydrogen (secondary N) is 1. The summed E-state index contributed by atoms with van der Waals surface area (Å²) in [4.78, 5) is 0. The Hall–Kier alpha value is -1.68. The summed E-state index contributed by atoms with van der Waals surface area (Å²) in [5, 5.41) is 11.7. The standard InChI is InChI=1S/C14H20N4/c1-10-5-7-13(8-6-10)11(2)15-9-14-17-16-12(3)18(14)4/h5-8,11,15H,9H2,1-4H3. The zero-order valence-electron chi connectivity index (χ0n) is 11.4. The Labute approximate surface area is 108 Å². The quantitative estimate of drug-likeness (QED) is 0.897. The molecule has 0 radical (unpaired) electrons. The minimum atomic E-state index is 0.308. The number of hydrogen-bond acceptors (Lipinski definition) is 3. The average molecular weight is 244 g/mol. The molecule has 2 rings (SSSR count). The Morgan fingerprint density at radius 3 is 2.39 bits per heavy atom. The summed E-state index contributed by atoms with van der Waals surface area (Å²) in [7, 11) is 1.99. The molecule has 1 unspecified atom stereocenters. The summed E-state index contributed by atoms with van der Waals surface area (Å²) in [5.41, 5.74) is 2.58. The molecule has 1 atom stereocenters. The highest BCUT2D eigenvalue weighted by Crippen LogP contribution is 2.13. The molecule has 4 heteroatoms. The van der Waals surface area contributed by atoms with Gasteiger partial charge in [-0.05, 0) is 26.3 Å². The zero-order chi connectivity index (χ0) is 13.1. The predicted octanol–water partition coefficient (Wildman–Crippen LogP) is 2.28. The van der Waals surface area contributed by atoms with Crippen molar-refractivity contribution >= 4 is 0 Å². The number of aryl methyl sites for hydroxylation is 2. The average Bonchev–Trinajstić information content (AvgIpc) is 2.68. The van der Waals surface area contributed by atoms with Crippen molar-refractivity contribution in [2.75, 3.05) is 0 Å². The highest BCUT2D eigenvalue weighted by molar-refractivity contribution is 5.23. The van der Waals surface area contributed by atoms with Crippen LogP contribution in [0.5, 0.6) is 0 Å². The number of nitrogens with zero attached hydrogens (tertiary/aromatic N) is 3. The predicted molar refractivity (Wildman–Crippen MR) is 72.2 cm³/mol. The van der Waals surface area contributed by atoms with E-state index in [1.165, 1.54) is 11.1 Å². The van der Waals surface area contributed by atoms with Crippen molar-refractivity contribution in [3.05, 3.63) is 47.0 Å². The minimum absolute atomic E-state index is 0.308. The van der Waals surface area contributed by atoms with Gasteiger partial charge in [0.1, 0.15) is 11.6 Å². The van der Waals surface area contributed by atoms with Gasteiger partial charge in [0.15, 0.2) is 0 Å². The van der Waals surface area contributed by atoms with Crippen LogP contribution in [0.25, 0.3) is 0 Å². The molecule has 0 spiro atoms. The number of aromatic nitrogens is 3. The molecule has 0 fully saturated rings. The van der Waals surface area contributed by atoms with E-state index < -0.39 is 0 Å². The Balaban J connectivity index is 1.98. The van der Waals surface area contributed by atoms with Crippen LogP contribution in [0.3, 0.4) is 0 Å². The van der Waals surface area contributed by atoms with Crippen LogP contribution < -0.4 is 5.32 Å². The molecular formula is C14H20N4. The first-order valence-corrected chi connectivity index (χ1v) is 6.22. The fourth-order valence-corrected chi connectivity index (χ4v) is 1.82. The Morgan fingerprint density at radius 2 is 1.83 bits per heavy atom. The molecule has 1 heterocycles. The van der Waals surface area contributed by atoms with Crippen LogP contribution in [0.4, 0.5) is 0 Å². The number of rotatable bonds is 4. The SMILES string of the molecule is Cc1ccc(C(C)NCc2nnc(C)n2C)cc1. The van der Waals surface area contributed by atoms with Gasteiger partial charge in [0, 0.05) is 13.1 Å². The zero-order valence-corrected chi connectivity index (χ0v) is 11.4. The second-order valence-electron chi connectivity index (χ2n) is 4.74. The summed E-state index contributed by atoms with van der Waals surface area (Å²) >= 11 is 0. The molecule has 0 saturated heterocycles. The molecule has 1 N–H and O–H groups in total. The topological polar surface area (TPSA) is 42.7 Å². The van der Waals surface area contributed by atoms with Gasteiger partial charge < -0.3 is 9.88 Å². The van der Waals surface area contributed by atoms with Crippen LogP contribution in [0.2, 0.25) is 0 Å². The van der Waals surface area contributed by atoms with Crippen LogP contribution in [0, 0.1) is 13.8 Å². The summed E-state index contributed by atoms with van der Waals surface area (Å²) < 4.78 is 2.01. The molecule has 1 aromatic carbocycles. The van der Waals surface area contributed by atoms with Crippen molar-refractivity contribution in [3.63, 3.8) is 0 Å². The smallest absolute Gasteiger partial charge is 0.146 e. The fraction of sp³-hybridized carbons (Fsp3) is 0.429. The van der Waals surface area contributed by atoms with Crippen molar-refractivity contribution in [1.29, 1.82) is 0 Å². The minimum Gasteiger partial charge on any atom is -0.317 e. The van der Waals surface area contributed by atoms with E-state index in [-0.39, 0.29) is 0 Å². The van der Waals surface area contributed by atoms with E-state index >= 15 is 0 Å². The summed E-state index contributed by atoms with van der Waals surface area (Å²) in [5.74, 6) is 1.90. The van der Waals surface area contributed by atoms with Gasteiger partial charge >= 0.3 is 0 Å². The third kappa shape index (κ3) is 2.76. The molecule has 1 aromatic heterocycles. The molecule has 0 saturated carbocycles. The largest absolute Gasteiger partial charge is 0.317 e. The Morgan fingerprint density at radius 1 is 1.17 bits per heavy atom. The van der Waals surface area contributed by atoms with Gasteiger partial charge in [-0.2, -0.15) is 0 Å². The van der Waals surface area contributed by atoms with Gasteiger partial charge in [-0.15, -0.1) is 10.2 Å². The van der Waals surface area contributed by atoms with Gasteiger partial charge in [-0.3, -0.25) is 0 Å². The van der Waals surface area contributed by atoms with E-state index in [0.717, 1.165) is 18.2 Å². The first-order valence-electron chi connectivity index (χ1n) is 6.22. The third-order valence-corrected chi connectivity index (χ3v) is 3.33. The lowest BCUT2D eigenvalue weighted by Crippen LogP contribution is -2.20. The van der Waals surface area contributed by atoms with Crippen molar-refractivity contribution < 1.29 is 0 Å². The van der Waals surface area contributed by atoms with Gasteiger partial charge in [0.25, 0.3) is 0 Å². The molecule has 96 valence electrons. The van der Waals surface area contributed by atoms with Gasteiger partial charge in [-0.1, -0.05) is 29.8 Å². The van der Waals surface area contributed by atoms with Crippen molar-refractivity contribution in [3.8, 4) is 0 Å². The number of benzene rings is 1. The van der Waals surface area contributed by atoms with E-state index in [2.05, 4.69) is 53.6 Å². The molecule has 0 aliphatic rings. The van der Waals surface area contributed by atoms with E-state index in [4.69, 9.17) is 0 Å². The highest BCUT2D eigenvalue weighted by atomic mass is 15.3. The molecule has 2 aromatic rings. The lowest BCUT2D eigenvalue weighted by molar-refractivity contribution is 0.547. The molecule has 0 bridgehead atoms. The van der Waals surface area contributed by atoms with E-state index in [0.29, 0.717) is 6.04 Å². The molecule has 0 amide bonds. The van der Waals surface area contributed by atoms with Gasteiger partial charge in [0.2, 0.25) is 0 Å². The summed E-state index contributed by atoms with van der Waals surface area (Å²) in [6, 6.07) is 8.91. The van der Waals surface area contributed by atoms with Gasteiger partial charge in [0.05, 0.1) is 6.54 Å². The van der Waals surface area contributed by atoms with E-state index in [1.807, 2.05) is 18.5 Å². The maximum Gasteiger partial charge on any atom is 0.146 e. The van der Waals surface area contributed by atoms with Crippen LogP contribution in [0.1, 0.15) is 35.7 Å². The van der Waals surface area contributed by atoms with Crippen molar-refractivity contribution in [2.45, 2.75) is 33.4 Å². The first kappa shape index (κ1) is 12.8. The molecule has 4 nitrogen and oxygen atoms in total. The van der Waals surface area contributed by atoms with E-state index in [1.54, 1.807) is 0 Å². The molecular weight excluding hydrogens is 224 g/mol. The fourth-order valence-electron chi connectivity index (χ4n) is 1.82. The van der Waals surface area contributed by atoms with Crippen LogP contribution >= 0.6 is 0 Å². The summed E-state index contributed by atoms with van der Waals surface area (Å²) in [6.45, 7) is 6.95. The Bertz CT molecular complexity index is 513. The van der Waals surface area contributed by atoms with E-state index in [9.17, 15) is 0 Å². The van der Waals surface area contributed by atoms with Crippen LogP contribution in [0.15, 0.2) is 24.3 Å². The highest BCUT2D eigenvalue weighted by Gasteiger charge is 2.08. The van der Waals surface area contributed by atoms with Gasteiger partial charge in [-0.25, -0.2) is 0 Å². The number of hydrogen-bond donors (Lipinski definition) is 1. The van der Waals surface area contributed by atoms with Crippen LogP contribution in [-0.2, 0) is 13.6 Å². The maximum absolute atomic E-state index is 4.15. The monoisotopic (exact) mass is 244 g/mol. The second kappa shape index (κ2) is 5.31. The molecule has 0 aliphatic heterocycles. The summed E-state index contributed by atoms with van der Waals surface area (Å²) in [6.07, 6.45) is 0. The molecule has 0 aliphatic carbocycles. The van der Waals surface area contributed by atoms with Crippen molar-refractivity contribution in [1.82, 2.24) is 20.1 Å².